The Hall–Kier alpha value is -3.01. The first kappa shape index (κ1) is 17.3. The second kappa shape index (κ2) is 8.02. The molecule has 0 unspecified atom stereocenters. The SMILES string of the molecule is C=C(C)COc1ccc(C(=O)C=Cc2cccc(OC)c2)c(O)c1. The fourth-order valence-electron chi connectivity index (χ4n) is 2.02. The van der Waals surface area contributed by atoms with Crippen LogP contribution in [0.1, 0.15) is 22.8 Å². The van der Waals surface area contributed by atoms with E-state index >= 15 is 0 Å². The van der Waals surface area contributed by atoms with Crippen molar-refractivity contribution in [2.45, 2.75) is 6.92 Å². The largest absolute Gasteiger partial charge is 0.507 e. The molecule has 0 saturated heterocycles. The summed E-state index contributed by atoms with van der Waals surface area (Å²) in [5.41, 5.74) is 1.93. The molecule has 4 heteroatoms. The number of ketones is 1. The fraction of sp³-hybridized carbons (Fsp3) is 0.150. The maximum absolute atomic E-state index is 12.2. The molecule has 0 aliphatic rings. The molecule has 0 saturated carbocycles. The molecule has 4 nitrogen and oxygen atoms in total. The molecular formula is C20H20O4. The Morgan fingerprint density at radius 2 is 2.00 bits per heavy atom. The normalized spacial score (nSPS) is 10.6. The number of hydrogen-bond donors (Lipinski definition) is 1. The summed E-state index contributed by atoms with van der Waals surface area (Å²) in [6, 6.07) is 12.0. The van der Waals surface area contributed by atoms with E-state index in [1.54, 1.807) is 25.3 Å². The first-order chi connectivity index (χ1) is 11.5. The number of phenolic OH excluding ortho intramolecular Hbond substituents is 1. The molecule has 0 spiro atoms. The van der Waals surface area contributed by atoms with Gasteiger partial charge in [0.2, 0.25) is 0 Å². The Kier molecular flexibility index (Phi) is 5.79. The predicted octanol–water partition coefficient (Wildman–Crippen LogP) is 4.25. The number of aromatic hydroxyl groups is 1. The van der Waals surface area contributed by atoms with Crippen LogP contribution in [0.15, 0.2) is 60.7 Å². The first-order valence-corrected chi connectivity index (χ1v) is 7.46. The highest BCUT2D eigenvalue weighted by Crippen LogP contribution is 2.25. The number of allylic oxidation sites excluding steroid dienone is 1. The molecule has 0 amide bonds. The lowest BCUT2D eigenvalue weighted by atomic mass is 10.1. The summed E-state index contributed by atoms with van der Waals surface area (Å²) in [6.07, 6.45) is 3.09. The third kappa shape index (κ3) is 4.74. The summed E-state index contributed by atoms with van der Waals surface area (Å²) in [6.45, 7) is 5.96. The van der Waals surface area contributed by atoms with Gasteiger partial charge in [-0.15, -0.1) is 0 Å². The lowest BCUT2D eigenvalue weighted by molar-refractivity contribution is 0.104. The van der Waals surface area contributed by atoms with E-state index < -0.39 is 0 Å². The number of hydrogen-bond acceptors (Lipinski definition) is 4. The Morgan fingerprint density at radius 3 is 2.67 bits per heavy atom. The van der Waals surface area contributed by atoms with E-state index in [1.807, 2.05) is 31.2 Å². The zero-order valence-corrected chi connectivity index (χ0v) is 13.8. The monoisotopic (exact) mass is 324 g/mol. The van der Waals surface area contributed by atoms with E-state index in [9.17, 15) is 9.90 Å². The second-order valence-corrected chi connectivity index (χ2v) is 5.40. The molecule has 24 heavy (non-hydrogen) atoms. The Labute approximate surface area is 141 Å². The molecule has 0 heterocycles. The summed E-state index contributed by atoms with van der Waals surface area (Å²) in [7, 11) is 1.59. The van der Waals surface area contributed by atoms with Gasteiger partial charge in [0.25, 0.3) is 0 Å². The van der Waals surface area contributed by atoms with Crippen LogP contribution >= 0.6 is 0 Å². The average Bonchev–Trinajstić information content (AvgIpc) is 2.58. The summed E-state index contributed by atoms with van der Waals surface area (Å²) in [5.74, 6) is 0.798. The van der Waals surface area contributed by atoms with Gasteiger partial charge < -0.3 is 14.6 Å². The number of rotatable bonds is 7. The van der Waals surface area contributed by atoms with Crippen LogP contribution in [0.2, 0.25) is 0 Å². The van der Waals surface area contributed by atoms with Gasteiger partial charge in [0, 0.05) is 6.07 Å². The van der Waals surface area contributed by atoms with Crippen molar-refractivity contribution in [2.75, 3.05) is 13.7 Å². The van der Waals surface area contributed by atoms with E-state index in [0.29, 0.717) is 18.1 Å². The van der Waals surface area contributed by atoms with Gasteiger partial charge in [-0.1, -0.05) is 24.8 Å². The van der Waals surface area contributed by atoms with Crippen LogP contribution in [0.25, 0.3) is 6.08 Å². The summed E-state index contributed by atoms with van der Waals surface area (Å²) >= 11 is 0. The third-order valence-electron chi connectivity index (χ3n) is 3.24. The molecule has 2 aromatic carbocycles. The molecule has 0 fully saturated rings. The van der Waals surface area contributed by atoms with Gasteiger partial charge in [-0.3, -0.25) is 4.79 Å². The highest BCUT2D eigenvalue weighted by molar-refractivity contribution is 6.08. The number of phenols is 1. The molecule has 0 aliphatic heterocycles. The van der Waals surface area contributed by atoms with Gasteiger partial charge in [0.15, 0.2) is 5.78 Å². The maximum atomic E-state index is 12.2. The van der Waals surface area contributed by atoms with Crippen molar-refractivity contribution in [1.82, 2.24) is 0 Å². The smallest absolute Gasteiger partial charge is 0.189 e. The zero-order valence-electron chi connectivity index (χ0n) is 13.8. The lowest BCUT2D eigenvalue weighted by Gasteiger charge is -2.07. The van der Waals surface area contributed by atoms with Gasteiger partial charge in [0.1, 0.15) is 23.9 Å². The molecule has 0 radical (unpaired) electrons. The van der Waals surface area contributed by atoms with Crippen LogP contribution in [0, 0.1) is 0 Å². The Balaban J connectivity index is 2.11. The van der Waals surface area contributed by atoms with Gasteiger partial charge in [-0.05, 0) is 48.4 Å². The molecule has 0 bridgehead atoms. The number of benzene rings is 2. The standard InChI is InChI=1S/C20H20O4/c1-14(2)13-24-17-8-9-18(20(22)12-17)19(21)10-7-15-5-4-6-16(11-15)23-3/h4-12,22H,1,13H2,2-3H3. The van der Waals surface area contributed by atoms with E-state index in [4.69, 9.17) is 9.47 Å². The van der Waals surface area contributed by atoms with Gasteiger partial charge in [0.05, 0.1) is 12.7 Å². The number of ether oxygens (including phenoxy) is 2. The summed E-state index contributed by atoms with van der Waals surface area (Å²) in [5, 5.41) is 10.0. The van der Waals surface area contributed by atoms with Crippen LogP contribution in [0.4, 0.5) is 0 Å². The van der Waals surface area contributed by atoms with E-state index in [0.717, 1.165) is 11.1 Å². The highest BCUT2D eigenvalue weighted by atomic mass is 16.5. The first-order valence-electron chi connectivity index (χ1n) is 7.46. The minimum atomic E-state index is -0.290. The average molecular weight is 324 g/mol. The minimum Gasteiger partial charge on any atom is -0.507 e. The van der Waals surface area contributed by atoms with Crippen molar-refractivity contribution < 1.29 is 19.4 Å². The molecular weight excluding hydrogens is 304 g/mol. The van der Waals surface area contributed by atoms with Crippen molar-refractivity contribution >= 4 is 11.9 Å². The van der Waals surface area contributed by atoms with Crippen LogP contribution in [0.5, 0.6) is 17.2 Å². The lowest BCUT2D eigenvalue weighted by Crippen LogP contribution is -1.99. The molecule has 124 valence electrons. The van der Waals surface area contributed by atoms with Crippen LogP contribution < -0.4 is 9.47 Å². The van der Waals surface area contributed by atoms with Crippen molar-refractivity contribution in [3.05, 3.63) is 71.8 Å². The Morgan fingerprint density at radius 1 is 1.21 bits per heavy atom. The van der Waals surface area contributed by atoms with E-state index in [-0.39, 0.29) is 17.1 Å². The predicted molar refractivity (Wildman–Crippen MR) is 94.8 cm³/mol. The number of carbonyl (C=O) groups is 1. The van der Waals surface area contributed by atoms with Crippen molar-refractivity contribution in [3.8, 4) is 17.2 Å². The van der Waals surface area contributed by atoms with Crippen LogP contribution in [0.3, 0.4) is 0 Å². The second-order valence-electron chi connectivity index (χ2n) is 5.40. The van der Waals surface area contributed by atoms with Crippen molar-refractivity contribution in [1.29, 1.82) is 0 Å². The van der Waals surface area contributed by atoms with E-state index in [2.05, 4.69) is 6.58 Å². The highest BCUT2D eigenvalue weighted by Gasteiger charge is 2.09. The molecule has 2 rings (SSSR count). The van der Waals surface area contributed by atoms with Crippen molar-refractivity contribution in [2.24, 2.45) is 0 Å². The molecule has 2 aromatic rings. The molecule has 0 atom stereocenters. The topological polar surface area (TPSA) is 55.8 Å². The van der Waals surface area contributed by atoms with Gasteiger partial charge in [-0.2, -0.15) is 0 Å². The Bertz CT molecular complexity index is 775. The molecule has 1 N–H and O–H groups in total. The minimum absolute atomic E-state index is 0.116. The van der Waals surface area contributed by atoms with Gasteiger partial charge in [-0.25, -0.2) is 0 Å². The number of carbonyl (C=O) groups excluding carboxylic acids is 1. The number of methoxy groups -OCH3 is 1. The quantitative estimate of drug-likeness (QED) is 0.470. The summed E-state index contributed by atoms with van der Waals surface area (Å²) in [4.78, 5) is 12.2. The van der Waals surface area contributed by atoms with E-state index in [1.165, 1.54) is 12.1 Å². The van der Waals surface area contributed by atoms with Crippen LogP contribution in [-0.2, 0) is 0 Å². The van der Waals surface area contributed by atoms with Crippen LogP contribution in [-0.4, -0.2) is 24.6 Å². The third-order valence-corrected chi connectivity index (χ3v) is 3.24. The summed E-state index contributed by atoms with van der Waals surface area (Å²) < 4.78 is 10.6. The molecule has 0 aliphatic carbocycles. The fourth-order valence-corrected chi connectivity index (χ4v) is 2.02. The zero-order chi connectivity index (χ0) is 17.5. The molecule has 0 aromatic heterocycles. The van der Waals surface area contributed by atoms with Gasteiger partial charge >= 0.3 is 0 Å². The van der Waals surface area contributed by atoms with Crippen molar-refractivity contribution in [3.63, 3.8) is 0 Å². The maximum Gasteiger partial charge on any atom is 0.189 e.